The molecule has 0 amide bonds. The van der Waals surface area contributed by atoms with Crippen molar-refractivity contribution < 1.29 is 0 Å². The van der Waals surface area contributed by atoms with Gasteiger partial charge in [-0.3, -0.25) is 0 Å². The molecule has 1 fully saturated rings. The van der Waals surface area contributed by atoms with Crippen molar-refractivity contribution in [2.24, 2.45) is 0 Å². The Balaban J connectivity index is 2.04. The Labute approximate surface area is 75.2 Å². The van der Waals surface area contributed by atoms with Gasteiger partial charge < -0.3 is 5.32 Å². The fraction of sp³-hybridized carbons (Fsp3) is 0.500. The van der Waals surface area contributed by atoms with Crippen molar-refractivity contribution in [2.75, 3.05) is 18.1 Å². The number of hydrogen-bond acceptors (Lipinski definition) is 3. The summed E-state index contributed by atoms with van der Waals surface area (Å²) < 4.78 is 0. The Hall–Kier alpha value is 0.01000. The van der Waals surface area contributed by atoms with Crippen molar-refractivity contribution >= 4 is 23.1 Å². The van der Waals surface area contributed by atoms with Crippen molar-refractivity contribution in [3.63, 3.8) is 0 Å². The van der Waals surface area contributed by atoms with Gasteiger partial charge in [-0.05, 0) is 22.4 Å². The number of thiophene rings is 1. The minimum absolute atomic E-state index is 0.611. The van der Waals surface area contributed by atoms with Gasteiger partial charge in [0.05, 0.1) is 0 Å². The topological polar surface area (TPSA) is 12.0 Å². The predicted octanol–water partition coefficient (Wildman–Crippen LogP) is 2.13. The van der Waals surface area contributed by atoms with E-state index in [2.05, 4.69) is 22.1 Å². The van der Waals surface area contributed by atoms with Crippen molar-refractivity contribution in [2.45, 2.75) is 6.04 Å². The third kappa shape index (κ3) is 1.78. The summed E-state index contributed by atoms with van der Waals surface area (Å²) in [6, 6.07) is 2.83. The first-order valence-electron chi connectivity index (χ1n) is 3.80. The van der Waals surface area contributed by atoms with Crippen LogP contribution < -0.4 is 5.32 Å². The van der Waals surface area contributed by atoms with E-state index in [-0.39, 0.29) is 0 Å². The highest BCUT2D eigenvalue weighted by atomic mass is 32.2. The molecule has 0 radical (unpaired) electrons. The second-order valence-corrected chi connectivity index (χ2v) is 4.57. The summed E-state index contributed by atoms with van der Waals surface area (Å²) in [5.41, 5.74) is 1.46. The van der Waals surface area contributed by atoms with Crippen LogP contribution in [0.5, 0.6) is 0 Å². The van der Waals surface area contributed by atoms with Gasteiger partial charge >= 0.3 is 0 Å². The Kier molecular flexibility index (Phi) is 2.51. The maximum Gasteiger partial charge on any atom is 0.0420 e. The molecule has 2 heterocycles. The minimum Gasteiger partial charge on any atom is -0.308 e. The van der Waals surface area contributed by atoms with E-state index in [9.17, 15) is 0 Å². The molecule has 2 rings (SSSR count). The molecule has 60 valence electrons. The third-order valence-corrected chi connectivity index (χ3v) is 3.63. The quantitative estimate of drug-likeness (QED) is 0.719. The van der Waals surface area contributed by atoms with E-state index in [1.807, 2.05) is 11.8 Å². The number of rotatable bonds is 1. The molecular formula is C8H11NS2. The number of nitrogens with one attached hydrogen (secondary N) is 1. The van der Waals surface area contributed by atoms with Crippen LogP contribution in [-0.4, -0.2) is 18.1 Å². The van der Waals surface area contributed by atoms with E-state index < -0.39 is 0 Å². The van der Waals surface area contributed by atoms with Gasteiger partial charge in [0.15, 0.2) is 0 Å². The highest BCUT2D eigenvalue weighted by molar-refractivity contribution is 7.99. The molecule has 1 atom stereocenters. The van der Waals surface area contributed by atoms with Gasteiger partial charge in [-0.2, -0.15) is 23.1 Å². The predicted molar refractivity (Wildman–Crippen MR) is 52.4 cm³/mol. The smallest absolute Gasteiger partial charge is 0.0420 e. The van der Waals surface area contributed by atoms with Crippen LogP contribution in [0.3, 0.4) is 0 Å². The van der Waals surface area contributed by atoms with Gasteiger partial charge in [0.1, 0.15) is 0 Å². The molecule has 3 heteroatoms. The SMILES string of the molecule is c1cc([C@H]2CSCCN2)cs1. The van der Waals surface area contributed by atoms with E-state index in [0.29, 0.717) is 6.04 Å². The standard InChI is InChI=1S/C8H11NS2/c1-3-10-5-7(1)8-6-11-4-2-9-8/h1,3,5,8-9H,2,4,6H2/t8-/m1/s1. The summed E-state index contributed by atoms with van der Waals surface area (Å²) >= 11 is 3.83. The van der Waals surface area contributed by atoms with E-state index in [0.717, 1.165) is 6.54 Å². The highest BCUT2D eigenvalue weighted by Crippen LogP contribution is 2.23. The van der Waals surface area contributed by atoms with E-state index >= 15 is 0 Å². The largest absolute Gasteiger partial charge is 0.308 e. The summed E-state index contributed by atoms with van der Waals surface area (Å²) in [7, 11) is 0. The van der Waals surface area contributed by atoms with Crippen LogP contribution in [0.4, 0.5) is 0 Å². The second kappa shape index (κ2) is 3.61. The lowest BCUT2D eigenvalue weighted by Crippen LogP contribution is -2.29. The first kappa shape index (κ1) is 7.65. The molecule has 1 aromatic rings. The molecule has 0 aliphatic carbocycles. The van der Waals surface area contributed by atoms with E-state index in [1.165, 1.54) is 17.1 Å². The second-order valence-electron chi connectivity index (χ2n) is 2.64. The summed E-state index contributed by atoms with van der Waals surface area (Å²) in [5, 5.41) is 7.90. The van der Waals surface area contributed by atoms with Gasteiger partial charge in [0, 0.05) is 24.1 Å². The molecule has 0 saturated carbocycles. The summed E-state index contributed by atoms with van der Waals surface area (Å²) in [5.74, 6) is 2.50. The summed E-state index contributed by atoms with van der Waals surface area (Å²) in [4.78, 5) is 0. The Morgan fingerprint density at radius 3 is 3.18 bits per heavy atom. The molecule has 1 saturated heterocycles. The van der Waals surface area contributed by atoms with Crippen molar-refractivity contribution in [3.05, 3.63) is 22.4 Å². The zero-order valence-corrected chi connectivity index (χ0v) is 7.88. The number of thioether (sulfide) groups is 1. The molecular weight excluding hydrogens is 174 g/mol. The first-order valence-corrected chi connectivity index (χ1v) is 5.90. The molecule has 1 aromatic heterocycles. The van der Waals surface area contributed by atoms with Gasteiger partial charge in [-0.25, -0.2) is 0 Å². The van der Waals surface area contributed by atoms with Crippen LogP contribution >= 0.6 is 23.1 Å². The van der Waals surface area contributed by atoms with Crippen molar-refractivity contribution in [1.82, 2.24) is 5.32 Å². The minimum atomic E-state index is 0.611. The summed E-state index contributed by atoms with van der Waals surface area (Å²) in [6.07, 6.45) is 0. The van der Waals surface area contributed by atoms with Crippen LogP contribution in [0, 0.1) is 0 Å². The Bertz CT molecular complexity index is 202. The van der Waals surface area contributed by atoms with Crippen LogP contribution in [0.15, 0.2) is 16.8 Å². The Morgan fingerprint density at radius 1 is 1.55 bits per heavy atom. The summed E-state index contributed by atoms with van der Waals surface area (Å²) in [6.45, 7) is 1.16. The van der Waals surface area contributed by atoms with Crippen molar-refractivity contribution in [3.8, 4) is 0 Å². The molecule has 1 aliphatic heterocycles. The maximum absolute atomic E-state index is 3.51. The third-order valence-electron chi connectivity index (χ3n) is 1.87. The monoisotopic (exact) mass is 185 g/mol. The first-order chi connectivity index (χ1) is 5.47. The molecule has 1 nitrogen and oxygen atoms in total. The normalized spacial score (nSPS) is 25.3. The lowest BCUT2D eigenvalue weighted by Gasteiger charge is -2.22. The zero-order chi connectivity index (χ0) is 7.52. The zero-order valence-electron chi connectivity index (χ0n) is 6.25. The van der Waals surface area contributed by atoms with Gasteiger partial charge in [-0.15, -0.1) is 0 Å². The molecule has 0 unspecified atom stereocenters. The van der Waals surface area contributed by atoms with Gasteiger partial charge in [0.25, 0.3) is 0 Å². The van der Waals surface area contributed by atoms with E-state index in [1.54, 1.807) is 11.3 Å². The fourth-order valence-corrected chi connectivity index (χ4v) is 2.94. The average molecular weight is 185 g/mol. The Morgan fingerprint density at radius 2 is 2.55 bits per heavy atom. The van der Waals surface area contributed by atoms with Gasteiger partial charge in [-0.1, -0.05) is 0 Å². The van der Waals surface area contributed by atoms with Crippen LogP contribution in [0.25, 0.3) is 0 Å². The van der Waals surface area contributed by atoms with Crippen LogP contribution in [0.2, 0.25) is 0 Å². The lowest BCUT2D eigenvalue weighted by molar-refractivity contribution is 0.597. The molecule has 1 aliphatic rings. The van der Waals surface area contributed by atoms with Gasteiger partial charge in [0.2, 0.25) is 0 Å². The maximum atomic E-state index is 3.51. The molecule has 0 spiro atoms. The van der Waals surface area contributed by atoms with E-state index in [4.69, 9.17) is 0 Å². The molecule has 1 N–H and O–H groups in total. The highest BCUT2D eigenvalue weighted by Gasteiger charge is 2.14. The fourth-order valence-electron chi connectivity index (χ4n) is 1.25. The molecule has 0 aromatic carbocycles. The average Bonchev–Trinajstić information content (AvgIpc) is 2.58. The molecule has 0 bridgehead atoms. The van der Waals surface area contributed by atoms with Crippen molar-refractivity contribution in [1.29, 1.82) is 0 Å². The molecule has 11 heavy (non-hydrogen) atoms. The lowest BCUT2D eigenvalue weighted by atomic mass is 10.2. The number of hydrogen-bond donors (Lipinski definition) is 1. The van der Waals surface area contributed by atoms with Crippen LogP contribution in [-0.2, 0) is 0 Å². The van der Waals surface area contributed by atoms with Crippen LogP contribution in [0.1, 0.15) is 11.6 Å².